The Balaban J connectivity index is 1.28. The fraction of sp³-hybridized carbons (Fsp3) is 0.750. The average molecular weight is 276 g/mol. The van der Waals surface area contributed by atoms with E-state index in [2.05, 4.69) is 15.9 Å². The Hall–Kier alpha value is -0.840. The molecular weight excluding hydrogens is 252 g/mol. The minimum atomic E-state index is 0.476. The molecule has 1 aliphatic carbocycles. The summed E-state index contributed by atoms with van der Waals surface area (Å²) in [5.74, 6) is 1.96. The second kappa shape index (κ2) is 5.51. The van der Waals surface area contributed by atoms with E-state index < -0.39 is 0 Å². The van der Waals surface area contributed by atoms with Gasteiger partial charge in [-0.3, -0.25) is 9.80 Å². The summed E-state index contributed by atoms with van der Waals surface area (Å²) in [4.78, 5) is 5.14. The molecule has 1 aromatic heterocycles. The van der Waals surface area contributed by atoms with Crippen LogP contribution in [0.15, 0.2) is 22.8 Å². The molecule has 2 saturated heterocycles. The molecular formula is C16H24N2O2. The van der Waals surface area contributed by atoms with E-state index in [0.717, 1.165) is 44.5 Å². The molecule has 0 radical (unpaired) electrons. The van der Waals surface area contributed by atoms with Crippen molar-refractivity contribution in [1.82, 2.24) is 9.80 Å². The van der Waals surface area contributed by atoms with Gasteiger partial charge in [-0.05, 0) is 37.3 Å². The monoisotopic (exact) mass is 276 g/mol. The van der Waals surface area contributed by atoms with Crippen LogP contribution in [-0.4, -0.2) is 54.7 Å². The van der Waals surface area contributed by atoms with Crippen molar-refractivity contribution in [3.05, 3.63) is 24.2 Å². The molecule has 4 rings (SSSR count). The van der Waals surface area contributed by atoms with Crippen molar-refractivity contribution in [2.45, 2.75) is 38.0 Å². The van der Waals surface area contributed by atoms with Gasteiger partial charge >= 0.3 is 0 Å². The molecule has 3 fully saturated rings. The number of ether oxygens (including phenoxy) is 1. The first-order valence-electron chi connectivity index (χ1n) is 7.97. The van der Waals surface area contributed by atoms with Crippen LogP contribution in [0.2, 0.25) is 0 Å². The molecule has 0 spiro atoms. The highest BCUT2D eigenvalue weighted by atomic mass is 16.5. The number of nitrogens with zero attached hydrogens (tertiary/aromatic N) is 2. The van der Waals surface area contributed by atoms with E-state index >= 15 is 0 Å². The van der Waals surface area contributed by atoms with E-state index in [1.54, 1.807) is 6.26 Å². The molecule has 2 aliphatic heterocycles. The Labute approximate surface area is 120 Å². The van der Waals surface area contributed by atoms with E-state index in [-0.39, 0.29) is 0 Å². The maximum absolute atomic E-state index is 6.08. The first-order valence-corrected chi connectivity index (χ1v) is 7.97. The summed E-state index contributed by atoms with van der Waals surface area (Å²) in [5, 5.41) is 0. The first-order chi connectivity index (χ1) is 9.87. The third-order valence-electron chi connectivity index (χ3n) is 4.89. The van der Waals surface area contributed by atoms with Crippen LogP contribution in [-0.2, 0) is 11.3 Å². The summed E-state index contributed by atoms with van der Waals surface area (Å²) < 4.78 is 11.5. The number of hydrogen-bond donors (Lipinski definition) is 0. The molecule has 4 nitrogen and oxygen atoms in total. The van der Waals surface area contributed by atoms with Gasteiger partial charge in [0.25, 0.3) is 0 Å². The Morgan fingerprint density at radius 3 is 3.00 bits per heavy atom. The van der Waals surface area contributed by atoms with E-state index in [1.807, 2.05) is 6.07 Å². The highest BCUT2D eigenvalue weighted by Gasteiger charge is 2.37. The molecule has 3 aliphatic rings. The van der Waals surface area contributed by atoms with Crippen LogP contribution in [0.25, 0.3) is 0 Å². The lowest BCUT2D eigenvalue weighted by Gasteiger charge is -2.36. The van der Waals surface area contributed by atoms with Crippen molar-refractivity contribution in [3.63, 3.8) is 0 Å². The molecule has 2 atom stereocenters. The summed E-state index contributed by atoms with van der Waals surface area (Å²) in [6.45, 7) is 6.57. The van der Waals surface area contributed by atoms with Crippen LogP contribution in [0.1, 0.15) is 25.0 Å². The standard InChI is InChI=1S/C16H24N2O2/c1-2-15(19-7-1)10-17-5-6-18-11-16(8-14(18)9-17)20-12-13-3-4-13/h1-2,7,13-14,16H,3-6,8-12H2. The number of piperazine rings is 1. The number of furan rings is 1. The topological polar surface area (TPSA) is 28.9 Å². The lowest BCUT2D eigenvalue weighted by Crippen LogP contribution is -2.49. The van der Waals surface area contributed by atoms with Gasteiger partial charge in [-0.2, -0.15) is 0 Å². The van der Waals surface area contributed by atoms with Crippen LogP contribution >= 0.6 is 0 Å². The molecule has 20 heavy (non-hydrogen) atoms. The van der Waals surface area contributed by atoms with E-state index in [4.69, 9.17) is 9.15 Å². The molecule has 110 valence electrons. The lowest BCUT2D eigenvalue weighted by atomic mass is 10.1. The van der Waals surface area contributed by atoms with Crippen LogP contribution in [0.4, 0.5) is 0 Å². The molecule has 1 saturated carbocycles. The Kier molecular flexibility index (Phi) is 3.54. The van der Waals surface area contributed by atoms with Gasteiger partial charge in [0.2, 0.25) is 0 Å². The smallest absolute Gasteiger partial charge is 0.117 e. The quantitative estimate of drug-likeness (QED) is 0.822. The minimum Gasteiger partial charge on any atom is -0.468 e. The van der Waals surface area contributed by atoms with Gasteiger partial charge in [0, 0.05) is 38.8 Å². The maximum Gasteiger partial charge on any atom is 0.117 e. The van der Waals surface area contributed by atoms with Crippen LogP contribution < -0.4 is 0 Å². The van der Waals surface area contributed by atoms with Crippen LogP contribution in [0, 0.1) is 5.92 Å². The molecule has 4 heteroatoms. The Bertz CT molecular complexity index is 430. The van der Waals surface area contributed by atoms with Crippen molar-refractivity contribution < 1.29 is 9.15 Å². The second-order valence-corrected chi connectivity index (χ2v) is 6.60. The van der Waals surface area contributed by atoms with Crippen molar-refractivity contribution in [2.24, 2.45) is 5.92 Å². The first kappa shape index (κ1) is 12.9. The van der Waals surface area contributed by atoms with Gasteiger partial charge in [0.15, 0.2) is 0 Å². The summed E-state index contributed by atoms with van der Waals surface area (Å²) in [6, 6.07) is 4.73. The summed E-state index contributed by atoms with van der Waals surface area (Å²) >= 11 is 0. The van der Waals surface area contributed by atoms with Gasteiger partial charge in [0.1, 0.15) is 5.76 Å². The second-order valence-electron chi connectivity index (χ2n) is 6.60. The Morgan fingerprint density at radius 1 is 1.25 bits per heavy atom. The zero-order valence-electron chi connectivity index (χ0n) is 12.0. The predicted octanol–water partition coefficient (Wildman–Crippen LogP) is 1.96. The van der Waals surface area contributed by atoms with E-state index in [9.17, 15) is 0 Å². The average Bonchev–Trinajstić information content (AvgIpc) is 2.97. The number of rotatable bonds is 5. The van der Waals surface area contributed by atoms with Crippen molar-refractivity contribution in [3.8, 4) is 0 Å². The normalized spacial score (nSPS) is 31.6. The van der Waals surface area contributed by atoms with Crippen molar-refractivity contribution >= 4 is 0 Å². The summed E-state index contributed by atoms with van der Waals surface area (Å²) in [5.41, 5.74) is 0. The largest absolute Gasteiger partial charge is 0.468 e. The SMILES string of the molecule is c1coc(CN2CCN3CC(OCC4CC4)CC3C2)c1. The highest BCUT2D eigenvalue weighted by Crippen LogP contribution is 2.31. The van der Waals surface area contributed by atoms with Gasteiger partial charge in [-0.25, -0.2) is 0 Å². The van der Waals surface area contributed by atoms with E-state index in [0.29, 0.717) is 12.1 Å². The zero-order chi connectivity index (χ0) is 13.4. The minimum absolute atomic E-state index is 0.476. The van der Waals surface area contributed by atoms with Crippen molar-refractivity contribution in [2.75, 3.05) is 32.8 Å². The fourth-order valence-electron chi connectivity index (χ4n) is 3.50. The number of hydrogen-bond acceptors (Lipinski definition) is 4. The molecule has 0 bridgehead atoms. The fourth-order valence-corrected chi connectivity index (χ4v) is 3.50. The zero-order valence-corrected chi connectivity index (χ0v) is 12.0. The third-order valence-corrected chi connectivity index (χ3v) is 4.89. The predicted molar refractivity (Wildman–Crippen MR) is 76.4 cm³/mol. The Morgan fingerprint density at radius 2 is 2.20 bits per heavy atom. The molecule has 3 heterocycles. The lowest BCUT2D eigenvalue weighted by molar-refractivity contribution is 0.0506. The highest BCUT2D eigenvalue weighted by molar-refractivity contribution is 5.00. The summed E-state index contributed by atoms with van der Waals surface area (Å²) in [6.07, 6.45) is 6.22. The molecule has 0 N–H and O–H groups in total. The van der Waals surface area contributed by atoms with Crippen molar-refractivity contribution in [1.29, 1.82) is 0 Å². The van der Waals surface area contributed by atoms with E-state index in [1.165, 1.54) is 25.8 Å². The molecule has 1 aromatic rings. The van der Waals surface area contributed by atoms with Gasteiger partial charge in [-0.1, -0.05) is 0 Å². The molecule has 2 unspecified atom stereocenters. The maximum atomic E-state index is 6.08. The van der Waals surface area contributed by atoms with Gasteiger partial charge in [-0.15, -0.1) is 0 Å². The van der Waals surface area contributed by atoms with Crippen LogP contribution in [0.5, 0.6) is 0 Å². The molecule has 0 amide bonds. The third kappa shape index (κ3) is 2.92. The summed E-state index contributed by atoms with van der Waals surface area (Å²) in [7, 11) is 0. The van der Waals surface area contributed by atoms with Crippen LogP contribution in [0.3, 0.4) is 0 Å². The number of fused-ring (bicyclic) bond motifs is 1. The van der Waals surface area contributed by atoms with Gasteiger partial charge in [0.05, 0.1) is 18.9 Å². The van der Waals surface area contributed by atoms with Gasteiger partial charge < -0.3 is 9.15 Å². The molecule has 0 aromatic carbocycles.